The van der Waals surface area contributed by atoms with Crippen LogP contribution < -0.4 is 9.21 Å². The lowest BCUT2D eigenvalue weighted by molar-refractivity contribution is -0.132. The van der Waals surface area contributed by atoms with Gasteiger partial charge in [0.2, 0.25) is 15.9 Å². The Morgan fingerprint density at radius 2 is 1.76 bits per heavy atom. The van der Waals surface area contributed by atoms with Crippen molar-refractivity contribution in [2.45, 2.75) is 13.0 Å². The van der Waals surface area contributed by atoms with Crippen LogP contribution in [0.3, 0.4) is 0 Å². The summed E-state index contributed by atoms with van der Waals surface area (Å²) in [4.78, 5) is 16.5. The molecule has 2 aromatic rings. The van der Waals surface area contributed by atoms with Gasteiger partial charge in [0.25, 0.3) is 0 Å². The molecular formula is C20H23ClFN3O3S. The van der Waals surface area contributed by atoms with Gasteiger partial charge in [-0.3, -0.25) is 9.10 Å². The van der Waals surface area contributed by atoms with Crippen LogP contribution in [0.15, 0.2) is 48.5 Å². The first-order valence-electron chi connectivity index (χ1n) is 9.21. The van der Waals surface area contributed by atoms with Gasteiger partial charge in [0.15, 0.2) is 0 Å². The second-order valence-corrected chi connectivity index (χ2v) is 9.27. The van der Waals surface area contributed by atoms with Crippen molar-refractivity contribution >= 4 is 38.9 Å². The molecule has 29 heavy (non-hydrogen) atoms. The van der Waals surface area contributed by atoms with Crippen LogP contribution >= 0.6 is 11.6 Å². The SMILES string of the molecule is CC(C(=O)N1CCN(c2ccccc2F)CC1)N(c1cccc(Cl)c1)S(C)(=O)=O. The maximum Gasteiger partial charge on any atom is 0.246 e. The molecule has 156 valence electrons. The van der Waals surface area contributed by atoms with E-state index in [1.165, 1.54) is 12.1 Å². The van der Waals surface area contributed by atoms with E-state index in [4.69, 9.17) is 11.6 Å². The molecule has 0 saturated carbocycles. The molecule has 1 aliphatic rings. The molecule has 0 aromatic heterocycles. The van der Waals surface area contributed by atoms with Crippen molar-refractivity contribution in [3.05, 3.63) is 59.4 Å². The summed E-state index contributed by atoms with van der Waals surface area (Å²) in [5, 5.41) is 0.384. The topological polar surface area (TPSA) is 60.9 Å². The average Bonchev–Trinajstić information content (AvgIpc) is 2.67. The predicted molar refractivity (Wildman–Crippen MR) is 113 cm³/mol. The van der Waals surface area contributed by atoms with Crippen LogP contribution in [-0.2, 0) is 14.8 Å². The molecule has 1 unspecified atom stereocenters. The minimum absolute atomic E-state index is 0.301. The number of rotatable bonds is 5. The molecule has 3 rings (SSSR count). The number of nitrogens with zero attached hydrogens (tertiary/aromatic N) is 3. The lowest BCUT2D eigenvalue weighted by Crippen LogP contribution is -2.55. The van der Waals surface area contributed by atoms with E-state index in [-0.39, 0.29) is 11.7 Å². The lowest BCUT2D eigenvalue weighted by Gasteiger charge is -2.39. The van der Waals surface area contributed by atoms with Crippen LogP contribution in [0, 0.1) is 5.82 Å². The summed E-state index contributed by atoms with van der Waals surface area (Å²) >= 11 is 6.01. The minimum atomic E-state index is -3.71. The van der Waals surface area contributed by atoms with Crippen molar-refractivity contribution < 1.29 is 17.6 Å². The van der Waals surface area contributed by atoms with Crippen molar-refractivity contribution in [2.75, 3.05) is 41.6 Å². The van der Waals surface area contributed by atoms with Gasteiger partial charge in [0.1, 0.15) is 11.9 Å². The Morgan fingerprint density at radius 1 is 1.10 bits per heavy atom. The molecule has 1 atom stereocenters. The first kappa shape index (κ1) is 21.4. The number of hydrogen-bond donors (Lipinski definition) is 0. The van der Waals surface area contributed by atoms with E-state index in [0.717, 1.165) is 10.6 Å². The van der Waals surface area contributed by atoms with E-state index in [0.29, 0.717) is 42.6 Å². The van der Waals surface area contributed by atoms with Crippen molar-refractivity contribution in [3.8, 4) is 0 Å². The monoisotopic (exact) mass is 439 g/mol. The van der Waals surface area contributed by atoms with Crippen molar-refractivity contribution in [2.24, 2.45) is 0 Å². The number of carbonyl (C=O) groups is 1. The molecule has 9 heteroatoms. The molecule has 0 aliphatic carbocycles. The van der Waals surface area contributed by atoms with Crippen LogP contribution in [0.2, 0.25) is 5.02 Å². The molecule has 0 N–H and O–H groups in total. The maximum atomic E-state index is 14.0. The summed E-state index contributed by atoms with van der Waals surface area (Å²) in [6.07, 6.45) is 1.06. The Bertz CT molecular complexity index is 994. The molecule has 1 aliphatic heterocycles. The van der Waals surface area contributed by atoms with Gasteiger partial charge in [-0.25, -0.2) is 12.8 Å². The van der Waals surface area contributed by atoms with Crippen LogP contribution in [0.4, 0.5) is 15.8 Å². The number of halogens is 2. The Balaban J connectivity index is 1.75. The molecule has 0 radical (unpaired) electrons. The zero-order chi connectivity index (χ0) is 21.2. The van der Waals surface area contributed by atoms with Crippen LogP contribution in [0.1, 0.15) is 6.92 Å². The van der Waals surface area contributed by atoms with E-state index in [9.17, 15) is 17.6 Å². The van der Waals surface area contributed by atoms with Gasteiger partial charge in [-0.2, -0.15) is 0 Å². The number of benzene rings is 2. The number of anilines is 2. The van der Waals surface area contributed by atoms with Crippen LogP contribution in [0.5, 0.6) is 0 Å². The first-order chi connectivity index (χ1) is 13.7. The summed E-state index contributed by atoms with van der Waals surface area (Å²) in [5.41, 5.74) is 0.843. The van der Waals surface area contributed by atoms with Crippen molar-refractivity contribution in [3.63, 3.8) is 0 Å². The van der Waals surface area contributed by atoms with Crippen LogP contribution in [0.25, 0.3) is 0 Å². The van der Waals surface area contributed by atoms with E-state index >= 15 is 0 Å². The standard InChI is InChI=1S/C20H23ClFN3O3S/c1-15(25(29(2,27)28)17-7-5-6-16(21)14-17)20(26)24-12-10-23(11-13-24)19-9-4-3-8-18(19)22/h3-9,14-15H,10-13H2,1-2H3. The highest BCUT2D eigenvalue weighted by Crippen LogP contribution is 2.26. The maximum absolute atomic E-state index is 14.0. The summed E-state index contributed by atoms with van der Waals surface area (Å²) < 4.78 is 39.9. The third-order valence-electron chi connectivity index (χ3n) is 4.91. The van der Waals surface area contributed by atoms with Gasteiger partial charge in [-0.05, 0) is 37.3 Å². The molecule has 1 fully saturated rings. The third-order valence-corrected chi connectivity index (χ3v) is 6.39. The quantitative estimate of drug-likeness (QED) is 0.718. The van der Waals surface area contributed by atoms with Gasteiger partial charge >= 0.3 is 0 Å². The third kappa shape index (κ3) is 4.82. The fourth-order valence-electron chi connectivity index (χ4n) is 3.56. The van der Waals surface area contributed by atoms with Gasteiger partial charge in [-0.1, -0.05) is 29.8 Å². The number of sulfonamides is 1. The number of hydrogen-bond acceptors (Lipinski definition) is 4. The number of para-hydroxylation sites is 1. The van der Waals surface area contributed by atoms with Gasteiger partial charge < -0.3 is 9.80 Å². The second kappa shape index (κ2) is 8.59. The summed E-state index contributed by atoms with van der Waals surface area (Å²) in [6, 6.07) is 12.0. The molecule has 1 saturated heterocycles. The first-order valence-corrected chi connectivity index (χ1v) is 11.4. The normalized spacial score (nSPS) is 15.9. The Labute approximate surface area is 175 Å². The van der Waals surface area contributed by atoms with E-state index in [1.54, 1.807) is 48.2 Å². The zero-order valence-corrected chi connectivity index (χ0v) is 17.8. The van der Waals surface area contributed by atoms with Gasteiger partial charge in [0, 0.05) is 31.2 Å². The largest absolute Gasteiger partial charge is 0.366 e. The molecule has 2 aromatic carbocycles. The zero-order valence-electron chi connectivity index (χ0n) is 16.3. The molecular weight excluding hydrogens is 417 g/mol. The number of carbonyl (C=O) groups excluding carboxylic acids is 1. The Kier molecular flexibility index (Phi) is 6.33. The van der Waals surface area contributed by atoms with Crippen molar-refractivity contribution in [1.82, 2.24) is 4.90 Å². The minimum Gasteiger partial charge on any atom is -0.366 e. The Hall–Kier alpha value is -2.32. The van der Waals surface area contributed by atoms with Gasteiger partial charge in [-0.15, -0.1) is 0 Å². The molecule has 0 spiro atoms. The van der Waals surface area contributed by atoms with Crippen LogP contribution in [-0.4, -0.2) is 57.7 Å². The van der Waals surface area contributed by atoms with E-state index in [2.05, 4.69) is 0 Å². The van der Waals surface area contributed by atoms with Gasteiger partial charge in [0.05, 0.1) is 17.6 Å². The fourth-order valence-corrected chi connectivity index (χ4v) is 4.90. The highest BCUT2D eigenvalue weighted by molar-refractivity contribution is 7.92. The lowest BCUT2D eigenvalue weighted by atomic mass is 10.2. The highest BCUT2D eigenvalue weighted by Gasteiger charge is 2.33. The second-order valence-electron chi connectivity index (χ2n) is 6.98. The predicted octanol–water partition coefficient (Wildman–Crippen LogP) is 2.98. The number of amides is 1. The molecule has 1 amide bonds. The molecule has 6 nitrogen and oxygen atoms in total. The summed E-state index contributed by atoms with van der Waals surface area (Å²) in [6.45, 7) is 3.26. The average molecular weight is 440 g/mol. The molecule has 1 heterocycles. The Morgan fingerprint density at radius 3 is 2.34 bits per heavy atom. The number of piperazine rings is 1. The van der Waals surface area contributed by atoms with E-state index < -0.39 is 16.1 Å². The fraction of sp³-hybridized carbons (Fsp3) is 0.350. The smallest absolute Gasteiger partial charge is 0.246 e. The van der Waals surface area contributed by atoms with Crippen molar-refractivity contribution in [1.29, 1.82) is 0 Å². The summed E-state index contributed by atoms with van der Waals surface area (Å²) in [7, 11) is -3.71. The summed E-state index contributed by atoms with van der Waals surface area (Å²) in [5.74, 6) is -0.603. The highest BCUT2D eigenvalue weighted by atomic mass is 35.5. The molecule has 0 bridgehead atoms. The van der Waals surface area contributed by atoms with E-state index in [1.807, 2.05) is 4.90 Å².